The Bertz CT molecular complexity index is 981. The van der Waals surface area contributed by atoms with Gasteiger partial charge in [0, 0.05) is 0 Å². The number of ether oxygens (including phenoxy) is 1. The highest BCUT2D eigenvalue weighted by molar-refractivity contribution is 6.75. The molecule has 0 radical (unpaired) electrons. The highest BCUT2D eigenvalue weighted by Gasteiger charge is 2.42. The molecule has 2 N–H and O–H groups in total. The van der Waals surface area contributed by atoms with Crippen LogP contribution in [0, 0.1) is 0 Å². The van der Waals surface area contributed by atoms with Crippen molar-refractivity contribution >= 4 is 34.3 Å². The van der Waals surface area contributed by atoms with Crippen molar-refractivity contribution in [1.82, 2.24) is 5.32 Å². The molecule has 204 valence electrons. The van der Waals surface area contributed by atoms with Crippen molar-refractivity contribution in [3.8, 4) is 11.5 Å². The van der Waals surface area contributed by atoms with E-state index in [9.17, 15) is 14.7 Å². The van der Waals surface area contributed by atoms with Gasteiger partial charge in [-0.3, -0.25) is 0 Å². The minimum absolute atomic E-state index is 0.0186. The zero-order valence-electron chi connectivity index (χ0n) is 24.5. The Balaban J connectivity index is 3.51. The summed E-state index contributed by atoms with van der Waals surface area (Å²) in [5, 5.41) is 12.2. The van der Waals surface area contributed by atoms with E-state index in [2.05, 4.69) is 79.6 Å². The number of carbonyl (C=O) groups excluding carboxylic acids is 1. The van der Waals surface area contributed by atoms with E-state index in [1.54, 1.807) is 32.9 Å². The molecule has 0 aliphatic rings. The average Bonchev–Trinajstić information content (AvgIpc) is 2.63. The highest BCUT2D eigenvalue weighted by Crippen LogP contribution is 2.44. The molecule has 0 aliphatic heterocycles. The molecule has 9 heteroatoms. The molecule has 1 rings (SSSR count). The third-order valence-corrected chi connectivity index (χ3v) is 15.6. The fraction of sp³-hybridized carbons (Fsp3) is 0.630. The van der Waals surface area contributed by atoms with Gasteiger partial charge in [0.25, 0.3) is 16.6 Å². The maximum Gasteiger partial charge on any atom is 0.408 e. The third kappa shape index (κ3) is 8.40. The van der Waals surface area contributed by atoms with Gasteiger partial charge in [-0.25, -0.2) is 9.59 Å². The second kappa shape index (κ2) is 10.6. The molecule has 36 heavy (non-hydrogen) atoms. The van der Waals surface area contributed by atoms with Crippen LogP contribution in [-0.2, 0) is 9.53 Å². The SMILES string of the molecule is C=C(c1ccc(O[Si](C)(C)C(C)(C)C)c(O[Si](C)(C)C(C)(C)C)c1)C(NC(=O)OC(C)(C)C)C(=O)O. The summed E-state index contributed by atoms with van der Waals surface area (Å²) in [7, 11) is -4.44. The van der Waals surface area contributed by atoms with Crippen molar-refractivity contribution in [1.29, 1.82) is 0 Å². The zero-order chi connectivity index (χ0) is 28.5. The molecule has 0 fully saturated rings. The van der Waals surface area contributed by atoms with Crippen LogP contribution >= 0.6 is 0 Å². The summed E-state index contributed by atoms with van der Waals surface area (Å²) in [6.45, 7) is 30.7. The maximum absolute atomic E-state index is 12.3. The normalized spacial score (nSPS) is 14.0. The van der Waals surface area contributed by atoms with E-state index in [0.29, 0.717) is 17.1 Å². The van der Waals surface area contributed by atoms with E-state index in [0.717, 1.165) is 0 Å². The monoisotopic (exact) mass is 537 g/mol. The van der Waals surface area contributed by atoms with E-state index in [1.807, 2.05) is 6.07 Å². The van der Waals surface area contributed by atoms with E-state index >= 15 is 0 Å². The molecule has 1 atom stereocenters. The summed E-state index contributed by atoms with van der Waals surface area (Å²) < 4.78 is 18.5. The van der Waals surface area contributed by atoms with Crippen LogP contribution in [-0.4, -0.2) is 45.4 Å². The highest BCUT2D eigenvalue weighted by atomic mass is 28.4. The third-order valence-electron chi connectivity index (χ3n) is 6.91. The van der Waals surface area contributed by atoms with Gasteiger partial charge in [-0.15, -0.1) is 0 Å². The van der Waals surface area contributed by atoms with Crippen LogP contribution in [0.15, 0.2) is 24.8 Å². The van der Waals surface area contributed by atoms with E-state index in [4.69, 9.17) is 13.6 Å². The summed E-state index contributed by atoms with van der Waals surface area (Å²) in [6, 6.07) is 3.98. The van der Waals surface area contributed by atoms with Crippen LogP contribution in [0.1, 0.15) is 67.9 Å². The largest absolute Gasteiger partial charge is 0.541 e. The Morgan fingerprint density at radius 2 is 1.31 bits per heavy atom. The lowest BCUT2D eigenvalue weighted by Crippen LogP contribution is -2.46. The molecule has 0 saturated carbocycles. The Hall–Kier alpha value is -2.27. The van der Waals surface area contributed by atoms with Gasteiger partial charge in [0.05, 0.1) is 0 Å². The van der Waals surface area contributed by atoms with Crippen molar-refractivity contribution in [2.75, 3.05) is 0 Å². The van der Waals surface area contributed by atoms with Crippen molar-refractivity contribution in [3.63, 3.8) is 0 Å². The number of benzene rings is 1. The topological polar surface area (TPSA) is 94.1 Å². The van der Waals surface area contributed by atoms with Gasteiger partial charge in [-0.2, -0.15) is 0 Å². The summed E-state index contributed by atoms with van der Waals surface area (Å²) in [6.07, 6.45) is -0.827. The van der Waals surface area contributed by atoms with Crippen LogP contribution in [0.25, 0.3) is 5.57 Å². The number of hydrogen-bond donors (Lipinski definition) is 2. The van der Waals surface area contributed by atoms with E-state index in [-0.39, 0.29) is 15.6 Å². The number of rotatable bonds is 8. The van der Waals surface area contributed by atoms with Gasteiger partial charge in [0.15, 0.2) is 6.04 Å². The number of nitrogens with one attached hydrogen (secondary N) is 1. The lowest BCUT2D eigenvalue weighted by Gasteiger charge is -2.40. The van der Waals surface area contributed by atoms with E-state index < -0.39 is 40.3 Å². The van der Waals surface area contributed by atoms with Gasteiger partial charge in [0.2, 0.25) is 0 Å². The Morgan fingerprint density at radius 3 is 1.69 bits per heavy atom. The molecule has 0 saturated heterocycles. The summed E-state index contributed by atoms with van der Waals surface area (Å²) >= 11 is 0. The molecule has 1 amide bonds. The quantitative estimate of drug-likeness (QED) is 0.335. The molecular weight excluding hydrogens is 490 g/mol. The number of aliphatic carboxylic acids is 1. The molecule has 0 aliphatic carbocycles. The summed E-state index contributed by atoms with van der Waals surface area (Å²) in [5.41, 5.74) is -0.0106. The molecular formula is C27H47NO6Si2. The Kier molecular flexibility index (Phi) is 9.36. The molecule has 0 spiro atoms. The molecule has 7 nitrogen and oxygen atoms in total. The lowest BCUT2D eigenvalue weighted by atomic mass is 10.00. The van der Waals surface area contributed by atoms with Crippen molar-refractivity contribution in [3.05, 3.63) is 30.3 Å². The first kappa shape index (κ1) is 31.8. The fourth-order valence-corrected chi connectivity index (χ4v) is 4.66. The summed E-state index contributed by atoms with van der Waals surface area (Å²) in [5.74, 6) is -0.0410. The predicted octanol–water partition coefficient (Wildman–Crippen LogP) is 7.45. The average molecular weight is 538 g/mol. The number of carbonyl (C=O) groups is 2. The van der Waals surface area contributed by atoms with Gasteiger partial charge in [-0.1, -0.05) is 54.2 Å². The molecule has 0 heterocycles. The lowest BCUT2D eigenvalue weighted by molar-refractivity contribution is -0.137. The zero-order valence-corrected chi connectivity index (χ0v) is 26.5. The molecule has 0 aromatic heterocycles. The predicted molar refractivity (Wildman–Crippen MR) is 152 cm³/mol. The van der Waals surface area contributed by atoms with Crippen LogP contribution in [0.4, 0.5) is 4.79 Å². The van der Waals surface area contributed by atoms with Crippen LogP contribution in [0.5, 0.6) is 11.5 Å². The van der Waals surface area contributed by atoms with Gasteiger partial charge >= 0.3 is 12.1 Å². The fourth-order valence-electron chi connectivity index (χ4n) is 2.62. The number of alkyl carbamates (subject to hydrolysis) is 1. The Morgan fingerprint density at radius 1 is 0.861 bits per heavy atom. The van der Waals surface area contributed by atoms with Gasteiger partial charge in [0.1, 0.15) is 17.1 Å². The smallest absolute Gasteiger partial charge is 0.408 e. The molecule has 1 aromatic rings. The number of hydrogen-bond acceptors (Lipinski definition) is 5. The first-order valence-electron chi connectivity index (χ1n) is 12.3. The van der Waals surface area contributed by atoms with Crippen LogP contribution < -0.4 is 14.2 Å². The standard InChI is InChI=1S/C27H47NO6Si2/c1-18(22(23(29)30)28-24(31)32-25(2,3)4)19-15-16-20(33-35(11,12)26(5,6)7)21(17-19)34-36(13,14)27(8,9)10/h15-17,22H,1H2,2-14H3,(H,28,31)(H,29,30). The minimum Gasteiger partial charge on any atom is -0.541 e. The van der Waals surface area contributed by atoms with Crippen LogP contribution in [0.3, 0.4) is 0 Å². The maximum atomic E-state index is 12.3. The van der Waals surface area contributed by atoms with Crippen molar-refractivity contribution < 1.29 is 28.3 Å². The van der Waals surface area contributed by atoms with Gasteiger partial charge in [-0.05, 0) is 80.3 Å². The molecule has 1 unspecified atom stereocenters. The number of carboxylic acids is 1. The van der Waals surface area contributed by atoms with E-state index in [1.165, 1.54) is 0 Å². The molecule has 1 aromatic carbocycles. The van der Waals surface area contributed by atoms with Crippen LogP contribution in [0.2, 0.25) is 36.3 Å². The first-order chi connectivity index (χ1) is 15.9. The van der Waals surface area contributed by atoms with Crippen molar-refractivity contribution in [2.45, 2.75) is 110 Å². The second-order valence-corrected chi connectivity index (χ2v) is 22.8. The molecule has 0 bridgehead atoms. The Labute approximate surface area is 219 Å². The number of carboxylic acid groups (broad SMARTS) is 1. The number of amides is 1. The van der Waals surface area contributed by atoms with Gasteiger partial charge < -0.3 is 24.0 Å². The minimum atomic E-state index is -2.26. The van der Waals surface area contributed by atoms with Crippen molar-refractivity contribution in [2.24, 2.45) is 0 Å². The summed E-state index contributed by atoms with van der Waals surface area (Å²) in [4.78, 5) is 24.4. The second-order valence-electron chi connectivity index (χ2n) is 13.3. The first-order valence-corrected chi connectivity index (χ1v) is 18.1.